The number of halogens is 3. The Hall–Kier alpha value is -3.56. The van der Waals surface area contributed by atoms with Gasteiger partial charge in [0, 0.05) is 18.4 Å². The molecule has 1 unspecified atom stereocenters. The highest BCUT2D eigenvalue weighted by Crippen LogP contribution is 2.44. The molecule has 0 bridgehead atoms. The third-order valence-corrected chi connectivity index (χ3v) is 6.71. The maximum atomic E-state index is 12.9. The Kier molecular flexibility index (Phi) is 7.00. The van der Waals surface area contributed by atoms with Gasteiger partial charge < -0.3 is 20.5 Å². The molecule has 0 spiro atoms. The van der Waals surface area contributed by atoms with Crippen molar-refractivity contribution in [2.75, 3.05) is 13.2 Å². The zero-order chi connectivity index (χ0) is 25.2. The number of nitrogens with one attached hydrogen (secondary N) is 2. The Morgan fingerprint density at radius 1 is 1.00 bits per heavy atom. The molecule has 3 N–H and O–H groups in total. The number of carboxylic acid groups (broad SMARTS) is 1. The van der Waals surface area contributed by atoms with Gasteiger partial charge in [0.2, 0.25) is 11.9 Å². The van der Waals surface area contributed by atoms with Gasteiger partial charge in [0.15, 0.2) is 0 Å². The molecule has 3 atom stereocenters. The minimum Gasteiger partial charge on any atom is -0.479 e. The van der Waals surface area contributed by atoms with Crippen molar-refractivity contribution in [2.24, 2.45) is 11.8 Å². The van der Waals surface area contributed by atoms with E-state index >= 15 is 0 Å². The number of ether oxygens (including phenoxy) is 1. The van der Waals surface area contributed by atoms with Gasteiger partial charge in [-0.1, -0.05) is 55.0 Å². The molecule has 2 aliphatic rings. The fourth-order valence-electron chi connectivity index (χ4n) is 5.02. The molecule has 1 fully saturated rings. The van der Waals surface area contributed by atoms with Gasteiger partial charge in [-0.25, -0.2) is 9.59 Å². The first-order valence-corrected chi connectivity index (χ1v) is 11.4. The van der Waals surface area contributed by atoms with Crippen LogP contribution in [0.15, 0.2) is 48.5 Å². The van der Waals surface area contributed by atoms with E-state index in [1.165, 1.54) is 0 Å². The molecule has 0 saturated heterocycles. The molecule has 7 nitrogen and oxygen atoms in total. The summed E-state index contributed by atoms with van der Waals surface area (Å²) in [6.45, 7) is 0.152. The van der Waals surface area contributed by atoms with Crippen molar-refractivity contribution in [3.05, 3.63) is 59.7 Å². The predicted octanol–water partition coefficient (Wildman–Crippen LogP) is 4.07. The van der Waals surface area contributed by atoms with Gasteiger partial charge in [-0.15, -0.1) is 0 Å². The summed E-state index contributed by atoms with van der Waals surface area (Å²) in [4.78, 5) is 35.7. The lowest BCUT2D eigenvalue weighted by Crippen LogP contribution is -2.53. The van der Waals surface area contributed by atoms with Crippen LogP contribution in [0, 0.1) is 11.8 Å². The number of hydrogen-bond donors (Lipinski definition) is 3. The lowest BCUT2D eigenvalue weighted by atomic mass is 9.94. The number of benzene rings is 2. The van der Waals surface area contributed by atoms with Crippen LogP contribution in [0.5, 0.6) is 0 Å². The van der Waals surface area contributed by atoms with Crippen LogP contribution in [-0.4, -0.2) is 48.4 Å². The molecule has 2 aromatic carbocycles. The number of hydrogen-bond acceptors (Lipinski definition) is 4. The summed E-state index contributed by atoms with van der Waals surface area (Å²) in [5.41, 5.74) is 4.31. The Morgan fingerprint density at radius 2 is 1.60 bits per heavy atom. The number of carbonyl (C=O) groups is 3. The smallest absolute Gasteiger partial charge is 0.419 e. The summed E-state index contributed by atoms with van der Waals surface area (Å²) in [7, 11) is 0. The Labute approximate surface area is 199 Å². The molecule has 35 heavy (non-hydrogen) atoms. The predicted molar refractivity (Wildman–Crippen MR) is 120 cm³/mol. The molecule has 186 valence electrons. The quantitative estimate of drug-likeness (QED) is 0.543. The summed E-state index contributed by atoms with van der Waals surface area (Å²) in [6.07, 6.45) is -4.37. The van der Waals surface area contributed by atoms with E-state index in [2.05, 4.69) is 5.32 Å². The molecule has 0 aromatic heterocycles. The topological polar surface area (TPSA) is 105 Å². The summed E-state index contributed by atoms with van der Waals surface area (Å²) >= 11 is 0. The van der Waals surface area contributed by atoms with Gasteiger partial charge in [0.05, 0.1) is 0 Å². The van der Waals surface area contributed by atoms with E-state index in [1.54, 1.807) is 5.32 Å². The van der Waals surface area contributed by atoms with Gasteiger partial charge in [0.25, 0.3) is 0 Å². The van der Waals surface area contributed by atoms with Crippen LogP contribution in [0.25, 0.3) is 11.1 Å². The summed E-state index contributed by atoms with van der Waals surface area (Å²) in [5, 5.41) is 13.0. The number of fused-ring (bicyclic) bond motifs is 3. The van der Waals surface area contributed by atoms with Crippen LogP contribution in [0.2, 0.25) is 0 Å². The number of carbonyl (C=O) groups excluding carboxylic acids is 2. The highest BCUT2D eigenvalue weighted by Gasteiger charge is 2.47. The van der Waals surface area contributed by atoms with E-state index in [1.807, 2.05) is 48.5 Å². The van der Waals surface area contributed by atoms with E-state index in [9.17, 15) is 27.6 Å². The maximum absolute atomic E-state index is 12.9. The summed E-state index contributed by atoms with van der Waals surface area (Å²) < 4.78 is 44.2. The number of alkyl carbamates (subject to hydrolysis) is 1. The highest BCUT2D eigenvalue weighted by atomic mass is 19.4. The second kappa shape index (κ2) is 9.97. The highest BCUT2D eigenvalue weighted by molar-refractivity contribution is 5.86. The average Bonchev–Trinajstić information content (AvgIpc) is 3.41. The van der Waals surface area contributed by atoms with Crippen LogP contribution in [0.4, 0.5) is 18.0 Å². The molecule has 4 rings (SSSR count). The van der Waals surface area contributed by atoms with Crippen LogP contribution in [0.3, 0.4) is 0 Å². The molecule has 2 amide bonds. The van der Waals surface area contributed by atoms with Gasteiger partial charge in [0.1, 0.15) is 6.61 Å². The number of rotatable bonds is 7. The molecule has 10 heteroatoms. The van der Waals surface area contributed by atoms with E-state index in [0.29, 0.717) is 19.3 Å². The molecule has 0 aliphatic heterocycles. The van der Waals surface area contributed by atoms with Crippen LogP contribution in [-0.2, 0) is 14.3 Å². The Morgan fingerprint density at radius 3 is 2.17 bits per heavy atom. The van der Waals surface area contributed by atoms with E-state index in [-0.39, 0.29) is 19.1 Å². The number of carboxylic acids is 1. The van der Waals surface area contributed by atoms with Crippen LogP contribution < -0.4 is 10.6 Å². The maximum Gasteiger partial charge on any atom is 0.419 e. The first kappa shape index (κ1) is 24.6. The van der Waals surface area contributed by atoms with Crippen molar-refractivity contribution in [1.29, 1.82) is 0 Å². The SMILES string of the molecule is O=C(NC[C@@H]1CCC[C@@H]1C(=O)NC(C(=O)O)C(F)(F)F)OCC1c2ccccc2-c2ccccc21. The largest absolute Gasteiger partial charge is 0.479 e. The Bertz CT molecular complexity index is 1070. The molecular formula is C25H25F3N2O5. The number of amides is 2. The number of aliphatic carboxylic acids is 1. The lowest BCUT2D eigenvalue weighted by molar-refractivity contribution is -0.182. The minimum atomic E-state index is -5.10. The lowest BCUT2D eigenvalue weighted by Gasteiger charge is -2.23. The van der Waals surface area contributed by atoms with Crippen molar-refractivity contribution in [1.82, 2.24) is 10.6 Å². The van der Waals surface area contributed by atoms with Gasteiger partial charge in [-0.05, 0) is 41.0 Å². The number of alkyl halides is 3. The summed E-state index contributed by atoms with van der Waals surface area (Å²) in [5.74, 6) is -4.51. The summed E-state index contributed by atoms with van der Waals surface area (Å²) in [6, 6.07) is 12.8. The van der Waals surface area contributed by atoms with Crippen LogP contribution >= 0.6 is 0 Å². The van der Waals surface area contributed by atoms with Crippen molar-refractivity contribution in [2.45, 2.75) is 37.4 Å². The molecule has 0 heterocycles. The van der Waals surface area contributed by atoms with Crippen LogP contribution in [0.1, 0.15) is 36.3 Å². The second-order valence-corrected chi connectivity index (χ2v) is 8.83. The molecular weight excluding hydrogens is 465 g/mol. The van der Waals surface area contributed by atoms with E-state index < -0.39 is 42.0 Å². The average molecular weight is 490 g/mol. The van der Waals surface area contributed by atoms with Crippen molar-refractivity contribution in [3.63, 3.8) is 0 Å². The van der Waals surface area contributed by atoms with Crippen molar-refractivity contribution < 1.29 is 37.4 Å². The van der Waals surface area contributed by atoms with Crippen molar-refractivity contribution >= 4 is 18.0 Å². The molecule has 0 radical (unpaired) electrons. The monoisotopic (exact) mass is 490 g/mol. The van der Waals surface area contributed by atoms with E-state index in [4.69, 9.17) is 9.84 Å². The Balaban J connectivity index is 1.32. The third kappa shape index (κ3) is 5.26. The molecule has 2 aliphatic carbocycles. The first-order valence-electron chi connectivity index (χ1n) is 11.4. The fraction of sp³-hybridized carbons (Fsp3) is 0.400. The second-order valence-electron chi connectivity index (χ2n) is 8.83. The van der Waals surface area contributed by atoms with Crippen molar-refractivity contribution in [3.8, 4) is 11.1 Å². The fourth-order valence-corrected chi connectivity index (χ4v) is 5.02. The van der Waals surface area contributed by atoms with Gasteiger partial charge in [-0.3, -0.25) is 4.79 Å². The van der Waals surface area contributed by atoms with Gasteiger partial charge >= 0.3 is 18.2 Å². The molecule has 1 saturated carbocycles. The van der Waals surface area contributed by atoms with E-state index in [0.717, 1.165) is 22.3 Å². The third-order valence-electron chi connectivity index (χ3n) is 6.71. The zero-order valence-corrected chi connectivity index (χ0v) is 18.7. The minimum absolute atomic E-state index is 0.0402. The standard InChI is InChI=1S/C25H25F3N2O5/c26-25(27,28)21(23(32)33)30-22(31)15-11-5-6-14(15)12-29-24(34)35-13-20-18-9-3-1-7-16(18)17-8-2-4-10-19(17)20/h1-4,7-10,14-15,20-21H,5-6,11-13H2,(H,29,34)(H,30,31)(H,32,33)/t14-,15-,21?/m0/s1. The molecule has 2 aromatic rings. The zero-order valence-electron chi connectivity index (χ0n) is 18.7. The van der Waals surface area contributed by atoms with Gasteiger partial charge in [-0.2, -0.15) is 13.2 Å². The first-order chi connectivity index (χ1) is 16.7. The normalized spacial score (nSPS) is 20.0.